The summed E-state index contributed by atoms with van der Waals surface area (Å²) in [7, 11) is 1.64. The Kier molecular flexibility index (Phi) is 7.98. The second-order valence-corrected chi connectivity index (χ2v) is 8.72. The zero-order valence-electron chi connectivity index (χ0n) is 20.1. The maximum atomic E-state index is 12.6. The molecule has 0 radical (unpaired) electrons. The van der Waals surface area contributed by atoms with Crippen LogP contribution in [0.2, 0.25) is 5.02 Å². The molecular formula is C27H31ClN2O3. The molecule has 5 nitrogen and oxygen atoms in total. The number of rotatable bonds is 9. The van der Waals surface area contributed by atoms with Crippen LogP contribution < -0.4 is 9.47 Å². The highest BCUT2D eigenvalue weighted by molar-refractivity contribution is 6.31. The molecule has 0 N–H and O–H groups in total. The predicted octanol–water partition coefficient (Wildman–Crippen LogP) is 6.78. The molecular weight excluding hydrogens is 436 g/mol. The third-order valence-corrected chi connectivity index (χ3v) is 6.10. The van der Waals surface area contributed by atoms with Crippen molar-refractivity contribution in [3.8, 4) is 11.5 Å². The van der Waals surface area contributed by atoms with Gasteiger partial charge in [0.2, 0.25) is 0 Å². The lowest BCUT2D eigenvalue weighted by atomic mass is 10.0. The Hall–Kier alpha value is -3.05. The largest absolute Gasteiger partial charge is 0.496 e. The fourth-order valence-corrected chi connectivity index (χ4v) is 3.86. The van der Waals surface area contributed by atoms with E-state index in [4.69, 9.17) is 21.1 Å². The van der Waals surface area contributed by atoms with Crippen molar-refractivity contribution in [2.75, 3.05) is 7.11 Å². The van der Waals surface area contributed by atoms with Crippen LogP contribution in [0, 0.1) is 13.8 Å². The number of aryl methyl sites for hydroxylation is 2. The topological polar surface area (TPSA) is 53.4 Å². The van der Waals surface area contributed by atoms with Crippen molar-refractivity contribution in [3.05, 3.63) is 81.1 Å². The fraction of sp³-hybridized carbons (Fsp3) is 0.333. The maximum absolute atomic E-state index is 12.6. The van der Waals surface area contributed by atoms with Gasteiger partial charge < -0.3 is 9.47 Å². The van der Waals surface area contributed by atoms with E-state index in [9.17, 15) is 4.79 Å². The number of ketones is 1. The van der Waals surface area contributed by atoms with E-state index in [2.05, 4.69) is 18.9 Å². The molecule has 3 rings (SSSR count). The summed E-state index contributed by atoms with van der Waals surface area (Å²) in [6.45, 7) is 11.2. The molecule has 33 heavy (non-hydrogen) atoms. The molecule has 0 aliphatic heterocycles. The average Bonchev–Trinajstić information content (AvgIpc) is 3.18. The molecule has 3 aromatic rings. The number of hydrogen-bond acceptors (Lipinski definition) is 4. The number of nitrogens with zero attached hydrogens (tertiary/aromatic N) is 2. The molecule has 174 valence electrons. The van der Waals surface area contributed by atoms with Gasteiger partial charge in [0.05, 0.1) is 18.9 Å². The number of carbonyl (C=O) groups is 1. The smallest absolute Gasteiger partial charge is 0.189 e. The van der Waals surface area contributed by atoms with Gasteiger partial charge in [-0.3, -0.25) is 9.48 Å². The van der Waals surface area contributed by atoms with Gasteiger partial charge in [0.1, 0.15) is 18.1 Å². The standard InChI is InChI=1S/C27H31ClN2O3/c1-7-30-19(5)23(15-29-30)25(31)10-8-20-9-11-26(32-6)21(13-20)16-33-27-12-18(4)24(28)14-22(27)17(2)3/h8-15,17H,7,16H2,1-6H3/b10-8+. The minimum Gasteiger partial charge on any atom is -0.496 e. The molecule has 0 unspecified atom stereocenters. The minimum absolute atomic E-state index is 0.0703. The molecule has 0 bridgehead atoms. The maximum Gasteiger partial charge on any atom is 0.189 e. The molecule has 0 saturated heterocycles. The normalized spacial score (nSPS) is 11.4. The summed E-state index contributed by atoms with van der Waals surface area (Å²) in [6.07, 6.45) is 5.01. The van der Waals surface area contributed by atoms with Gasteiger partial charge in [0, 0.05) is 22.8 Å². The van der Waals surface area contributed by atoms with Crippen LogP contribution in [0.5, 0.6) is 11.5 Å². The third kappa shape index (κ3) is 5.66. The molecule has 2 aromatic carbocycles. The van der Waals surface area contributed by atoms with Crippen LogP contribution >= 0.6 is 11.6 Å². The Balaban J connectivity index is 1.82. The Morgan fingerprint density at radius 3 is 2.58 bits per heavy atom. The van der Waals surface area contributed by atoms with Crippen molar-refractivity contribution in [1.29, 1.82) is 0 Å². The fourth-order valence-electron chi connectivity index (χ4n) is 3.69. The lowest BCUT2D eigenvalue weighted by Gasteiger charge is -2.17. The van der Waals surface area contributed by atoms with Crippen molar-refractivity contribution >= 4 is 23.5 Å². The zero-order chi connectivity index (χ0) is 24.1. The Morgan fingerprint density at radius 1 is 1.18 bits per heavy atom. The predicted molar refractivity (Wildman–Crippen MR) is 134 cm³/mol. The third-order valence-electron chi connectivity index (χ3n) is 5.70. The van der Waals surface area contributed by atoms with E-state index in [1.54, 1.807) is 25.5 Å². The van der Waals surface area contributed by atoms with Crippen LogP contribution in [-0.2, 0) is 13.2 Å². The van der Waals surface area contributed by atoms with E-state index >= 15 is 0 Å². The summed E-state index contributed by atoms with van der Waals surface area (Å²) in [5.74, 6) is 1.75. The van der Waals surface area contributed by atoms with Crippen molar-refractivity contribution in [2.45, 2.75) is 53.7 Å². The number of allylic oxidation sites excluding steroid dienone is 1. The van der Waals surface area contributed by atoms with Crippen LogP contribution in [-0.4, -0.2) is 22.7 Å². The van der Waals surface area contributed by atoms with Crippen LogP contribution in [0.4, 0.5) is 0 Å². The summed E-state index contributed by atoms with van der Waals surface area (Å²) in [5.41, 5.74) is 5.30. The monoisotopic (exact) mass is 466 g/mol. The van der Waals surface area contributed by atoms with Gasteiger partial charge in [0.25, 0.3) is 0 Å². The van der Waals surface area contributed by atoms with Crippen LogP contribution in [0.25, 0.3) is 6.08 Å². The lowest BCUT2D eigenvalue weighted by Crippen LogP contribution is -2.03. The Bertz CT molecular complexity index is 1180. The summed E-state index contributed by atoms with van der Waals surface area (Å²) in [5, 5.41) is 4.99. The Morgan fingerprint density at radius 2 is 1.94 bits per heavy atom. The van der Waals surface area contributed by atoms with Crippen LogP contribution in [0.1, 0.15) is 65.0 Å². The SMILES string of the molecule is CCn1ncc(C(=O)/C=C/c2ccc(OC)c(COc3cc(C)c(Cl)cc3C(C)C)c2)c1C. The van der Waals surface area contributed by atoms with Gasteiger partial charge in [-0.2, -0.15) is 5.10 Å². The number of aromatic nitrogens is 2. The second kappa shape index (κ2) is 10.7. The first-order chi connectivity index (χ1) is 15.7. The van der Waals surface area contributed by atoms with Gasteiger partial charge in [-0.1, -0.05) is 37.6 Å². The molecule has 1 aromatic heterocycles. The molecule has 0 aliphatic rings. The van der Waals surface area contributed by atoms with Gasteiger partial charge in [-0.15, -0.1) is 0 Å². The summed E-state index contributed by atoms with van der Waals surface area (Å²) < 4.78 is 13.5. The lowest BCUT2D eigenvalue weighted by molar-refractivity contribution is 0.104. The van der Waals surface area contributed by atoms with Crippen molar-refractivity contribution in [1.82, 2.24) is 9.78 Å². The second-order valence-electron chi connectivity index (χ2n) is 8.31. The van der Waals surface area contributed by atoms with Crippen LogP contribution in [0.15, 0.2) is 42.6 Å². The van der Waals surface area contributed by atoms with E-state index in [0.29, 0.717) is 12.2 Å². The van der Waals surface area contributed by atoms with E-state index in [0.717, 1.165) is 51.0 Å². The number of hydrogen-bond donors (Lipinski definition) is 0. The van der Waals surface area contributed by atoms with Crippen LogP contribution in [0.3, 0.4) is 0 Å². The quantitative estimate of drug-likeness (QED) is 0.257. The molecule has 0 aliphatic carbocycles. The van der Waals surface area contributed by atoms with Gasteiger partial charge in [-0.25, -0.2) is 0 Å². The number of carbonyl (C=O) groups excluding carboxylic acids is 1. The number of methoxy groups -OCH3 is 1. The van der Waals surface area contributed by atoms with E-state index in [1.165, 1.54) is 0 Å². The number of benzene rings is 2. The summed E-state index contributed by atoms with van der Waals surface area (Å²) >= 11 is 6.32. The zero-order valence-corrected chi connectivity index (χ0v) is 20.9. The first-order valence-corrected chi connectivity index (χ1v) is 11.5. The Labute approximate surface area is 201 Å². The molecule has 6 heteroatoms. The number of halogens is 1. The van der Waals surface area contributed by atoms with Crippen molar-refractivity contribution < 1.29 is 14.3 Å². The van der Waals surface area contributed by atoms with E-state index < -0.39 is 0 Å². The molecule has 0 spiro atoms. The summed E-state index contributed by atoms with van der Waals surface area (Å²) in [4.78, 5) is 12.6. The summed E-state index contributed by atoms with van der Waals surface area (Å²) in [6, 6.07) is 9.73. The highest BCUT2D eigenvalue weighted by Gasteiger charge is 2.14. The first kappa shape index (κ1) is 24.6. The van der Waals surface area contributed by atoms with Gasteiger partial charge in [0.15, 0.2) is 5.78 Å². The highest BCUT2D eigenvalue weighted by atomic mass is 35.5. The van der Waals surface area contributed by atoms with Gasteiger partial charge in [-0.05, 0) is 73.7 Å². The molecule has 0 saturated carbocycles. The molecule has 1 heterocycles. The van der Waals surface area contributed by atoms with Gasteiger partial charge >= 0.3 is 0 Å². The molecule has 0 fully saturated rings. The van der Waals surface area contributed by atoms with E-state index in [-0.39, 0.29) is 11.7 Å². The molecule has 0 amide bonds. The minimum atomic E-state index is -0.0703. The number of ether oxygens (including phenoxy) is 2. The van der Waals surface area contributed by atoms with Crippen molar-refractivity contribution in [3.63, 3.8) is 0 Å². The van der Waals surface area contributed by atoms with Crippen molar-refractivity contribution in [2.24, 2.45) is 0 Å². The average molecular weight is 467 g/mol. The first-order valence-electron chi connectivity index (χ1n) is 11.1. The highest BCUT2D eigenvalue weighted by Crippen LogP contribution is 2.33. The molecule has 0 atom stereocenters. The van der Waals surface area contributed by atoms with E-state index in [1.807, 2.05) is 55.8 Å².